The first-order chi connectivity index (χ1) is 6.05. The average Bonchev–Trinajstić information content (AvgIpc) is 2.47. The van der Waals surface area contributed by atoms with Gasteiger partial charge >= 0.3 is 0 Å². The predicted molar refractivity (Wildman–Crippen MR) is 33.2 cm³/mol. The zero-order valence-electron chi connectivity index (χ0n) is 6.35. The molecule has 0 bridgehead atoms. The third-order valence-corrected chi connectivity index (χ3v) is 2.06. The van der Waals surface area contributed by atoms with Gasteiger partial charge in [-0.3, -0.25) is 0 Å². The largest absolute Gasteiger partial charge is 0.236 e. The maximum atomic E-state index is 12.1. The van der Waals surface area contributed by atoms with Crippen LogP contribution in [0.2, 0.25) is 0 Å². The van der Waals surface area contributed by atoms with Crippen molar-refractivity contribution in [2.75, 3.05) is 0 Å². The standard InChI is InChI=1S/C5H6F5N3/c6-11-4-2-1-3-5(4,12(7)8)13(9)10/h1-3H2. The summed E-state index contributed by atoms with van der Waals surface area (Å²) < 4.78 is 60.4. The lowest BCUT2D eigenvalue weighted by atomic mass is 10.1. The van der Waals surface area contributed by atoms with Crippen LogP contribution in [0.1, 0.15) is 19.3 Å². The number of hydrogen-bond acceptors (Lipinski definition) is 3. The van der Waals surface area contributed by atoms with Gasteiger partial charge in [0.25, 0.3) is 0 Å². The van der Waals surface area contributed by atoms with Gasteiger partial charge in [-0.15, -0.1) is 0 Å². The second kappa shape index (κ2) is 3.54. The SMILES string of the molecule is FN=C1CCCC1(N(F)F)N(F)F. The van der Waals surface area contributed by atoms with Gasteiger partial charge < -0.3 is 0 Å². The van der Waals surface area contributed by atoms with E-state index in [4.69, 9.17) is 0 Å². The molecule has 0 heterocycles. The minimum atomic E-state index is -2.96. The molecule has 0 radical (unpaired) electrons. The summed E-state index contributed by atoms with van der Waals surface area (Å²) in [7, 11) is 0. The Morgan fingerprint density at radius 2 is 1.69 bits per heavy atom. The lowest BCUT2D eigenvalue weighted by Crippen LogP contribution is -2.52. The first-order valence-electron chi connectivity index (χ1n) is 3.47. The van der Waals surface area contributed by atoms with Crippen molar-refractivity contribution in [1.29, 1.82) is 0 Å². The van der Waals surface area contributed by atoms with Crippen LogP contribution in [0.15, 0.2) is 5.21 Å². The molecule has 0 aromatic carbocycles. The first-order valence-corrected chi connectivity index (χ1v) is 3.47. The minimum Gasteiger partial charge on any atom is -0.0989 e. The topological polar surface area (TPSA) is 18.8 Å². The Kier molecular flexibility index (Phi) is 2.81. The second-order valence-electron chi connectivity index (χ2n) is 2.67. The summed E-state index contributed by atoms with van der Waals surface area (Å²) in [6, 6.07) is 0. The maximum Gasteiger partial charge on any atom is 0.236 e. The molecular formula is C5H6F5N3. The molecule has 0 amide bonds. The Labute approximate surface area is 70.1 Å². The lowest BCUT2D eigenvalue weighted by molar-refractivity contribution is -0.343. The Bertz CT molecular complexity index is 208. The molecule has 76 valence electrons. The van der Waals surface area contributed by atoms with Crippen LogP contribution in [-0.4, -0.2) is 22.1 Å². The predicted octanol–water partition coefficient (Wildman–Crippen LogP) is 2.33. The third-order valence-electron chi connectivity index (χ3n) is 2.06. The van der Waals surface area contributed by atoms with E-state index in [0.717, 1.165) is 0 Å². The highest BCUT2D eigenvalue weighted by Crippen LogP contribution is 2.37. The van der Waals surface area contributed by atoms with E-state index in [1.54, 1.807) is 0 Å². The van der Waals surface area contributed by atoms with Crippen LogP contribution >= 0.6 is 0 Å². The molecule has 0 N–H and O–H groups in total. The highest BCUT2D eigenvalue weighted by atomic mass is 19.4. The van der Waals surface area contributed by atoms with Gasteiger partial charge in [-0.05, 0) is 19.3 Å². The molecule has 1 saturated carbocycles. The molecule has 0 aromatic heterocycles. The number of halogens is 5. The number of nitrogens with zero attached hydrogens (tertiary/aromatic N) is 3. The molecule has 0 saturated heterocycles. The van der Waals surface area contributed by atoms with E-state index in [1.165, 1.54) is 0 Å². The van der Waals surface area contributed by atoms with Gasteiger partial charge in [0.05, 0.1) is 16.4 Å². The van der Waals surface area contributed by atoms with E-state index in [1.807, 2.05) is 5.21 Å². The molecule has 0 aliphatic heterocycles. The summed E-state index contributed by atoms with van der Waals surface area (Å²) in [6.45, 7) is 0. The van der Waals surface area contributed by atoms with Crippen molar-refractivity contribution < 1.29 is 22.4 Å². The molecule has 0 spiro atoms. The van der Waals surface area contributed by atoms with Crippen molar-refractivity contribution in [3.8, 4) is 0 Å². The monoisotopic (exact) mass is 203 g/mol. The smallest absolute Gasteiger partial charge is 0.0989 e. The average molecular weight is 203 g/mol. The van der Waals surface area contributed by atoms with Crippen LogP contribution in [0, 0.1) is 0 Å². The van der Waals surface area contributed by atoms with E-state index in [2.05, 4.69) is 0 Å². The molecular weight excluding hydrogens is 197 g/mol. The van der Waals surface area contributed by atoms with Gasteiger partial charge in [0.15, 0.2) is 0 Å². The van der Waals surface area contributed by atoms with Gasteiger partial charge in [-0.2, -0.15) is 0 Å². The minimum absolute atomic E-state index is 0.0530. The molecule has 3 nitrogen and oxygen atoms in total. The maximum absolute atomic E-state index is 12.1. The summed E-state index contributed by atoms with van der Waals surface area (Å²) >= 11 is 0. The third kappa shape index (κ3) is 1.39. The summed E-state index contributed by atoms with van der Waals surface area (Å²) in [5.41, 5.74) is -3.81. The Balaban J connectivity index is 3.03. The van der Waals surface area contributed by atoms with Gasteiger partial charge in [0, 0.05) is 0 Å². The molecule has 0 atom stereocenters. The summed E-state index contributed by atoms with van der Waals surface area (Å²) in [5, 5.41) is -1.46. The van der Waals surface area contributed by atoms with Crippen molar-refractivity contribution >= 4 is 5.71 Å². The van der Waals surface area contributed by atoms with Crippen LogP contribution in [0.3, 0.4) is 0 Å². The number of hydrogen-bond donors (Lipinski definition) is 0. The highest BCUT2D eigenvalue weighted by Gasteiger charge is 2.55. The lowest BCUT2D eigenvalue weighted by Gasteiger charge is -2.27. The van der Waals surface area contributed by atoms with Gasteiger partial charge in [-0.1, -0.05) is 27.6 Å². The summed E-state index contributed by atoms with van der Waals surface area (Å²) in [4.78, 5) is 0. The molecule has 1 aliphatic carbocycles. The van der Waals surface area contributed by atoms with Gasteiger partial charge in [0.2, 0.25) is 5.66 Å². The Morgan fingerprint density at radius 1 is 1.15 bits per heavy atom. The second-order valence-corrected chi connectivity index (χ2v) is 2.67. The van der Waals surface area contributed by atoms with Gasteiger partial charge in [-0.25, -0.2) is 0 Å². The molecule has 8 heteroatoms. The van der Waals surface area contributed by atoms with E-state index < -0.39 is 28.5 Å². The zero-order chi connectivity index (χ0) is 10.1. The Hall–Kier alpha value is -0.760. The zero-order valence-corrected chi connectivity index (χ0v) is 6.35. The van der Waals surface area contributed by atoms with Crippen LogP contribution < -0.4 is 0 Å². The molecule has 13 heavy (non-hydrogen) atoms. The molecule has 0 aromatic rings. The van der Waals surface area contributed by atoms with Crippen molar-refractivity contribution in [3.05, 3.63) is 0 Å². The molecule has 1 rings (SSSR count). The fourth-order valence-corrected chi connectivity index (χ4v) is 1.38. The van der Waals surface area contributed by atoms with Crippen LogP contribution in [0.5, 0.6) is 0 Å². The normalized spacial score (nSPS) is 25.0. The summed E-state index contributed by atoms with van der Waals surface area (Å²) in [6.07, 6.45) is -0.682. The van der Waals surface area contributed by atoms with E-state index in [9.17, 15) is 22.4 Å². The first kappa shape index (κ1) is 10.3. The van der Waals surface area contributed by atoms with Crippen molar-refractivity contribution in [2.24, 2.45) is 5.21 Å². The highest BCUT2D eigenvalue weighted by molar-refractivity contribution is 5.94. The van der Waals surface area contributed by atoms with Crippen LogP contribution in [0.4, 0.5) is 22.4 Å². The number of rotatable bonds is 2. The summed E-state index contributed by atoms with van der Waals surface area (Å²) in [5.74, 6) is 0. The van der Waals surface area contributed by atoms with E-state index >= 15 is 0 Å². The van der Waals surface area contributed by atoms with Crippen molar-refractivity contribution in [1.82, 2.24) is 10.7 Å². The molecule has 0 unspecified atom stereocenters. The fourth-order valence-electron chi connectivity index (χ4n) is 1.38. The van der Waals surface area contributed by atoms with Gasteiger partial charge in [0.1, 0.15) is 0 Å². The van der Waals surface area contributed by atoms with Crippen LogP contribution in [0.25, 0.3) is 0 Å². The quantitative estimate of drug-likeness (QED) is 0.389. The Morgan fingerprint density at radius 3 is 2.00 bits per heavy atom. The van der Waals surface area contributed by atoms with Crippen LogP contribution in [-0.2, 0) is 0 Å². The van der Waals surface area contributed by atoms with E-state index in [0.29, 0.717) is 0 Å². The molecule has 1 fully saturated rings. The van der Waals surface area contributed by atoms with Crippen molar-refractivity contribution in [2.45, 2.75) is 24.9 Å². The van der Waals surface area contributed by atoms with Crippen molar-refractivity contribution in [3.63, 3.8) is 0 Å². The van der Waals surface area contributed by atoms with E-state index in [-0.39, 0.29) is 12.8 Å². The molecule has 1 aliphatic rings. The fraction of sp³-hybridized carbons (Fsp3) is 0.800.